The Labute approximate surface area is 145 Å². The molecule has 0 saturated heterocycles. The first-order chi connectivity index (χ1) is 11.1. The number of allylic oxidation sites excluding steroid dienone is 1. The Morgan fingerprint density at radius 2 is 1.65 bits per heavy atom. The van der Waals surface area contributed by atoms with Crippen LogP contribution in [0.3, 0.4) is 0 Å². The van der Waals surface area contributed by atoms with Crippen LogP contribution in [0, 0.1) is 0 Å². The van der Waals surface area contributed by atoms with E-state index < -0.39 is 0 Å². The van der Waals surface area contributed by atoms with Crippen molar-refractivity contribution >= 4 is 40.6 Å². The highest BCUT2D eigenvalue weighted by atomic mass is 35.5. The van der Waals surface area contributed by atoms with Gasteiger partial charge in [0.2, 0.25) is 0 Å². The van der Waals surface area contributed by atoms with Crippen LogP contribution in [0.15, 0.2) is 42.5 Å². The molecule has 1 nitrogen and oxygen atoms in total. The normalized spacial score (nSPS) is 18.9. The smallest absolute Gasteiger partial charge is 0.133 e. The molecular formula is C20H16Cl2O. The molecule has 0 N–H and O–H groups in total. The van der Waals surface area contributed by atoms with Gasteiger partial charge in [0.25, 0.3) is 0 Å². The molecule has 0 atom stereocenters. The van der Waals surface area contributed by atoms with E-state index >= 15 is 0 Å². The lowest BCUT2D eigenvalue weighted by atomic mass is 9.65. The Hall–Kier alpha value is -1.57. The van der Waals surface area contributed by atoms with E-state index in [1.807, 2.05) is 18.2 Å². The fourth-order valence-electron chi connectivity index (χ4n) is 4.01. The minimum absolute atomic E-state index is 0.0678. The first kappa shape index (κ1) is 15.0. The lowest BCUT2D eigenvalue weighted by Gasteiger charge is -2.37. The lowest BCUT2D eigenvalue weighted by Crippen LogP contribution is -2.31. The van der Waals surface area contributed by atoms with E-state index in [9.17, 15) is 4.79 Å². The van der Waals surface area contributed by atoms with Gasteiger partial charge in [0.05, 0.1) is 10.0 Å². The van der Waals surface area contributed by atoms with Crippen LogP contribution in [-0.2, 0) is 10.2 Å². The van der Waals surface area contributed by atoms with Crippen LogP contribution in [0.4, 0.5) is 0 Å². The molecule has 23 heavy (non-hydrogen) atoms. The Balaban J connectivity index is 1.88. The number of hydrogen-bond acceptors (Lipinski definition) is 1. The van der Waals surface area contributed by atoms with Crippen LogP contribution in [0.2, 0.25) is 10.0 Å². The predicted molar refractivity (Wildman–Crippen MR) is 95.9 cm³/mol. The Bertz CT molecular complexity index is 825. The Kier molecular flexibility index (Phi) is 3.59. The molecule has 2 aliphatic carbocycles. The SMILES string of the molecule is O=C1CCC2(CC1)C(c1ccc(Cl)c(Cl)c1)=Cc1ccccc12. The summed E-state index contributed by atoms with van der Waals surface area (Å²) in [6, 6.07) is 14.3. The third kappa shape index (κ3) is 2.34. The van der Waals surface area contributed by atoms with Gasteiger partial charge in [0.1, 0.15) is 5.78 Å². The Morgan fingerprint density at radius 1 is 0.913 bits per heavy atom. The standard InChI is InChI=1S/C20H16Cl2O/c21-18-6-5-14(12-19(18)22)17-11-13-3-1-2-4-16(13)20(17)9-7-15(23)8-10-20/h1-6,11-12H,7-10H2. The number of rotatable bonds is 1. The van der Waals surface area contributed by atoms with Crippen molar-refractivity contribution in [3.63, 3.8) is 0 Å². The van der Waals surface area contributed by atoms with Crippen molar-refractivity contribution in [1.29, 1.82) is 0 Å². The second-order valence-electron chi connectivity index (χ2n) is 6.39. The molecule has 4 rings (SSSR count). The van der Waals surface area contributed by atoms with Crippen molar-refractivity contribution in [2.24, 2.45) is 0 Å². The van der Waals surface area contributed by atoms with Crippen molar-refractivity contribution in [2.45, 2.75) is 31.1 Å². The highest BCUT2D eigenvalue weighted by molar-refractivity contribution is 6.42. The molecule has 1 fully saturated rings. The monoisotopic (exact) mass is 342 g/mol. The van der Waals surface area contributed by atoms with Gasteiger partial charge in [-0.25, -0.2) is 0 Å². The fraction of sp³-hybridized carbons (Fsp3) is 0.250. The summed E-state index contributed by atoms with van der Waals surface area (Å²) in [5, 5.41) is 1.14. The molecule has 0 bridgehead atoms. The summed E-state index contributed by atoms with van der Waals surface area (Å²) in [5.74, 6) is 0.369. The maximum atomic E-state index is 11.8. The van der Waals surface area contributed by atoms with Gasteiger partial charge in [-0.3, -0.25) is 4.79 Å². The summed E-state index contributed by atoms with van der Waals surface area (Å²) in [7, 11) is 0. The summed E-state index contributed by atoms with van der Waals surface area (Å²) in [5.41, 5.74) is 4.90. The zero-order chi connectivity index (χ0) is 16.0. The van der Waals surface area contributed by atoms with Gasteiger partial charge >= 0.3 is 0 Å². The molecule has 1 saturated carbocycles. The maximum Gasteiger partial charge on any atom is 0.133 e. The fourth-order valence-corrected chi connectivity index (χ4v) is 4.31. The van der Waals surface area contributed by atoms with Gasteiger partial charge in [-0.15, -0.1) is 0 Å². The van der Waals surface area contributed by atoms with Crippen molar-refractivity contribution in [1.82, 2.24) is 0 Å². The van der Waals surface area contributed by atoms with E-state index in [-0.39, 0.29) is 5.41 Å². The third-order valence-electron chi connectivity index (χ3n) is 5.18. The number of Topliss-reactive ketones (excluding diaryl/α,β-unsaturated/α-hetero) is 1. The second-order valence-corrected chi connectivity index (χ2v) is 7.21. The van der Waals surface area contributed by atoms with Crippen molar-refractivity contribution in [3.05, 3.63) is 69.2 Å². The minimum Gasteiger partial charge on any atom is -0.300 e. The second kappa shape index (κ2) is 5.51. The molecule has 0 amide bonds. The molecule has 2 aromatic carbocycles. The van der Waals surface area contributed by atoms with Gasteiger partial charge in [-0.2, -0.15) is 0 Å². The average molecular weight is 343 g/mol. The quantitative estimate of drug-likeness (QED) is 0.627. The van der Waals surface area contributed by atoms with Crippen LogP contribution in [0.25, 0.3) is 11.6 Å². The molecule has 116 valence electrons. The first-order valence-electron chi connectivity index (χ1n) is 7.89. The van der Waals surface area contributed by atoms with Crippen LogP contribution >= 0.6 is 23.2 Å². The molecule has 2 aliphatic rings. The molecule has 2 aromatic rings. The lowest BCUT2D eigenvalue weighted by molar-refractivity contribution is -0.120. The number of benzene rings is 2. The van der Waals surface area contributed by atoms with E-state index in [2.05, 4.69) is 30.3 Å². The van der Waals surface area contributed by atoms with E-state index in [1.165, 1.54) is 16.7 Å². The molecule has 0 aromatic heterocycles. The zero-order valence-electron chi connectivity index (χ0n) is 12.6. The van der Waals surface area contributed by atoms with Crippen LogP contribution < -0.4 is 0 Å². The summed E-state index contributed by atoms with van der Waals surface area (Å²) in [6.07, 6.45) is 5.29. The zero-order valence-corrected chi connectivity index (χ0v) is 14.1. The van der Waals surface area contributed by atoms with E-state index in [0.29, 0.717) is 28.7 Å². The molecule has 3 heteroatoms. The molecule has 0 aliphatic heterocycles. The summed E-state index contributed by atoms with van der Waals surface area (Å²) >= 11 is 12.3. The van der Waals surface area contributed by atoms with E-state index in [0.717, 1.165) is 18.4 Å². The van der Waals surface area contributed by atoms with Gasteiger partial charge in [-0.1, -0.05) is 53.5 Å². The van der Waals surface area contributed by atoms with Gasteiger partial charge in [-0.05, 0) is 53.3 Å². The average Bonchev–Trinajstić information content (AvgIpc) is 2.88. The number of carbonyl (C=O) groups is 1. The number of carbonyl (C=O) groups excluding carboxylic acids is 1. The largest absolute Gasteiger partial charge is 0.300 e. The minimum atomic E-state index is -0.0678. The highest BCUT2D eigenvalue weighted by Gasteiger charge is 2.44. The number of hydrogen-bond donors (Lipinski definition) is 0. The predicted octanol–water partition coefficient (Wildman–Crippen LogP) is 5.93. The molecular weight excluding hydrogens is 327 g/mol. The van der Waals surface area contributed by atoms with Gasteiger partial charge < -0.3 is 0 Å². The van der Waals surface area contributed by atoms with Gasteiger partial charge in [0, 0.05) is 18.3 Å². The van der Waals surface area contributed by atoms with Crippen LogP contribution in [0.5, 0.6) is 0 Å². The van der Waals surface area contributed by atoms with Crippen LogP contribution in [-0.4, -0.2) is 5.78 Å². The number of fused-ring (bicyclic) bond motifs is 2. The van der Waals surface area contributed by atoms with E-state index in [4.69, 9.17) is 23.2 Å². The summed E-state index contributed by atoms with van der Waals surface area (Å²) in [6.45, 7) is 0. The Morgan fingerprint density at radius 3 is 2.39 bits per heavy atom. The topological polar surface area (TPSA) is 17.1 Å². The number of halogens is 2. The molecule has 0 radical (unpaired) electrons. The molecule has 1 spiro atoms. The van der Waals surface area contributed by atoms with Gasteiger partial charge in [0.15, 0.2) is 0 Å². The van der Waals surface area contributed by atoms with Crippen molar-refractivity contribution in [2.75, 3.05) is 0 Å². The molecule has 0 heterocycles. The van der Waals surface area contributed by atoms with Crippen LogP contribution in [0.1, 0.15) is 42.4 Å². The maximum absolute atomic E-state index is 11.8. The summed E-state index contributed by atoms with van der Waals surface area (Å²) in [4.78, 5) is 11.8. The highest BCUT2D eigenvalue weighted by Crippen LogP contribution is 2.54. The summed E-state index contributed by atoms with van der Waals surface area (Å²) < 4.78 is 0. The number of ketones is 1. The third-order valence-corrected chi connectivity index (χ3v) is 5.92. The first-order valence-corrected chi connectivity index (χ1v) is 8.64. The van der Waals surface area contributed by atoms with E-state index in [1.54, 1.807) is 0 Å². The van der Waals surface area contributed by atoms with Crippen molar-refractivity contribution < 1.29 is 4.79 Å². The van der Waals surface area contributed by atoms with Crippen molar-refractivity contribution in [3.8, 4) is 0 Å². The molecule has 0 unspecified atom stereocenters.